The minimum Gasteiger partial charge on any atom is -0.489 e. The summed E-state index contributed by atoms with van der Waals surface area (Å²) in [7, 11) is 0. The molecule has 0 spiro atoms. The summed E-state index contributed by atoms with van der Waals surface area (Å²) in [5.74, 6) is 1.44. The fraction of sp³-hybridized carbons (Fsp3) is 0.333. The predicted molar refractivity (Wildman–Crippen MR) is 81.8 cm³/mol. The van der Waals surface area contributed by atoms with Gasteiger partial charge in [-0.2, -0.15) is 0 Å². The Morgan fingerprint density at radius 1 is 1.10 bits per heavy atom. The first kappa shape index (κ1) is 13.2. The van der Waals surface area contributed by atoms with Crippen molar-refractivity contribution in [3.63, 3.8) is 0 Å². The number of hydrogen-bond donors (Lipinski definition) is 1. The molecule has 1 aliphatic rings. The van der Waals surface area contributed by atoms with Crippen molar-refractivity contribution in [1.29, 1.82) is 0 Å². The van der Waals surface area contributed by atoms with Gasteiger partial charge >= 0.3 is 0 Å². The lowest BCUT2D eigenvalue weighted by molar-refractivity contribution is 0.306. The van der Waals surface area contributed by atoms with E-state index < -0.39 is 0 Å². The van der Waals surface area contributed by atoms with E-state index in [0.29, 0.717) is 12.5 Å². The minimum absolute atomic E-state index is 0.0341. The topological polar surface area (TPSA) is 35.2 Å². The third-order valence-corrected chi connectivity index (χ3v) is 4.31. The molecule has 0 radical (unpaired) electrons. The monoisotopic (exact) mass is 267 g/mol. The first-order valence-corrected chi connectivity index (χ1v) is 7.27. The predicted octanol–water partition coefficient (Wildman–Crippen LogP) is 3.86. The zero-order valence-electron chi connectivity index (χ0n) is 11.9. The molecule has 0 amide bonds. The van der Waals surface area contributed by atoms with Gasteiger partial charge in [0.05, 0.1) is 0 Å². The molecule has 0 saturated heterocycles. The Labute approximate surface area is 120 Å². The molecule has 2 N–H and O–H groups in total. The lowest BCUT2D eigenvalue weighted by Gasteiger charge is -2.10. The van der Waals surface area contributed by atoms with Crippen LogP contribution >= 0.6 is 0 Å². The van der Waals surface area contributed by atoms with Crippen LogP contribution in [0.4, 0.5) is 0 Å². The lowest BCUT2D eigenvalue weighted by Crippen LogP contribution is -2.22. The summed E-state index contributed by atoms with van der Waals surface area (Å²) < 4.78 is 5.79. The van der Waals surface area contributed by atoms with Gasteiger partial charge in [-0.15, -0.1) is 0 Å². The van der Waals surface area contributed by atoms with Gasteiger partial charge in [-0.25, -0.2) is 0 Å². The molecule has 0 aromatic heterocycles. The van der Waals surface area contributed by atoms with Gasteiger partial charge < -0.3 is 10.5 Å². The van der Waals surface area contributed by atoms with Crippen molar-refractivity contribution in [3.05, 3.63) is 65.7 Å². The van der Waals surface area contributed by atoms with E-state index in [1.807, 2.05) is 30.3 Å². The minimum atomic E-state index is 0.0341. The second kappa shape index (κ2) is 5.29. The SMILES string of the molecule is CCC1(N)CC1c1ccc(OCc2ccccc2)cc1. The number of hydrogen-bond acceptors (Lipinski definition) is 2. The first-order chi connectivity index (χ1) is 9.71. The standard InChI is InChI=1S/C18H21NO/c1-2-18(19)12-17(18)15-8-10-16(11-9-15)20-13-14-6-4-3-5-7-14/h3-11,17H,2,12-13,19H2,1H3. The second-order valence-corrected chi connectivity index (χ2v) is 5.69. The quantitative estimate of drug-likeness (QED) is 0.892. The van der Waals surface area contributed by atoms with Crippen LogP contribution in [0, 0.1) is 0 Å². The van der Waals surface area contributed by atoms with Crippen LogP contribution in [0.5, 0.6) is 5.75 Å². The van der Waals surface area contributed by atoms with Gasteiger partial charge in [0.1, 0.15) is 12.4 Å². The molecule has 2 aromatic carbocycles. The van der Waals surface area contributed by atoms with Crippen molar-refractivity contribution in [1.82, 2.24) is 0 Å². The highest BCUT2D eigenvalue weighted by molar-refractivity contribution is 5.36. The summed E-state index contributed by atoms with van der Waals surface area (Å²) >= 11 is 0. The van der Waals surface area contributed by atoms with Gasteiger partial charge in [0.2, 0.25) is 0 Å². The van der Waals surface area contributed by atoms with E-state index in [2.05, 4.69) is 31.2 Å². The third kappa shape index (κ3) is 2.70. The van der Waals surface area contributed by atoms with Gasteiger partial charge in [-0.05, 0) is 36.1 Å². The van der Waals surface area contributed by atoms with E-state index in [-0.39, 0.29) is 5.54 Å². The molecule has 20 heavy (non-hydrogen) atoms. The third-order valence-electron chi connectivity index (χ3n) is 4.31. The van der Waals surface area contributed by atoms with Gasteiger partial charge in [-0.3, -0.25) is 0 Å². The molecule has 104 valence electrons. The summed E-state index contributed by atoms with van der Waals surface area (Å²) in [6.45, 7) is 2.77. The Morgan fingerprint density at radius 3 is 2.40 bits per heavy atom. The molecule has 2 unspecified atom stereocenters. The maximum atomic E-state index is 6.26. The van der Waals surface area contributed by atoms with Crippen LogP contribution in [0.2, 0.25) is 0 Å². The molecule has 2 heteroatoms. The van der Waals surface area contributed by atoms with Crippen LogP contribution in [0.15, 0.2) is 54.6 Å². The van der Waals surface area contributed by atoms with E-state index in [9.17, 15) is 0 Å². The molecule has 0 heterocycles. The highest BCUT2D eigenvalue weighted by Crippen LogP contribution is 2.51. The summed E-state index contributed by atoms with van der Waals surface area (Å²) in [4.78, 5) is 0. The Morgan fingerprint density at radius 2 is 1.80 bits per heavy atom. The van der Waals surface area contributed by atoms with Crippen molar-refractivity contribution in [2.24, 2.45) is 5.73 Å². The molecule has 0 aliphatic heterocycles. The van der Waals surface area contributed by atoms with E-state index in [0.717, 1.165) is 18.6 Å². The van der Waals surface area contributed by atoms with Gasteiger partial charge in [-0.1, -0.05) is 49.4 Å². The molecule has 2 nitrogen and oxygen atoms in total. The fourth-order valence-electron chi connectivity index (χ4n) is 2.70. The Kier molecular flexibility index (Phi) is 3.49. The van der Waals surface area contributed by atoms with Crippen molar-refractivity contribution in [3.8, 4) is 5.75 Å². The Balaban J connectivity index is 1.60. The van der Waals surface area contributed by atoms with E-state index in [4.69, 9.17) is 10.5 Å². The van der Waals surface area contributed by atoms with E-state index in [1.54, 1.807) is 0 Å². The van der Waals surface area contributed by atoms with Crippen LogP contribution in [-0.4, -0.2) is 5.54 Å². The number of benzene rings is 2. The largest absolute Gasteiger partial charge is 0.489 e. The van der Waals surface area contributed by atoms with Gasteiger partial charge in [0, 0.05) is 11.5 Å². The van der Waals surface area contributed by atoms with Crippen LogP contribution in [0.1, 0.15) is 36.8 Å². The summed E-state index contributed by atoms with van der Waals surface area (Å²) in [5, 5.41) is 0. The van der Waals surface area contributed by atoms with Crippen molar-refractivity contribution < 1.29 is 4.74 Å². The van der Waals surface area contributed by atoms with Gasteiger partial charge in [0.15, 0.2) is 0 Å². The fourth-order valence-corrected chi connectivity index (χ4v) is 2.70. The summed E-state index contributed by atoms with van der Waals surface area (Å²) in [6.07, 6.45) is 2.15. The summed E-state index contributed by atoms with van der Waals surface area (Å²) in [5.41, 5.74) is 8.82. The molecular formula is C18H21NO. The maximum absolute atomic E-state index is 6.26. The summed E-state index contributed by atoms with van der Waals surface area (Å²) in [6, 6.07) is 18.6. The molecule has 2 aromatic rings. The Hall–Kier alpha value is -1.80. The maximum Gasteiger partial charge on any atom is 0.119 e. The highest BCUT2D eigenvalue weighted by atomic mass is 16.5. The van der Waals surface area contributed by atoms with E-state index >= 15 is 0 Å². The highest BCUT2D eigenvalue weighted by Gasteiger charge is 2.49. The van der Waals surface area contributed by atoms with Crippen LogP contribution < -0.4 is 10.5 Å². The first-order valence-electron chi connectivity index (χ1n) is 7.27. The molecule has 1 fully saturated rings. The second-order valence-electron chi connectivity index (χ2n) is 5.69. The zero-order chi connectivity index (χ0) is 14.0. The molecule has 3 rings (SSSR count). The van der Waals surface area contributed by atoms with Crippen LogP contribution in [-0.2, 0) is 6.61 Å². The molecule has 1 saturated carbocycles. The molecule has 2 atom stereocenters. The Bertz CT molecular complexity index is 564. The number of ether oxygens (including phenoxy) is 1. The average Bonchev–Trinajstić information content (AvgIpc) is 3.20. The average molecular weight is 267 g/mol. The van der Waals surface area contributed by atoms with E-state index in [1.165, 1.54) is 11.1 Å². The zero-order valence-corrected chi connectivity index (χ0v) is 11.9. The molecule has 0 bridgehead atoms. The lowest BCUT2D eigenvalue weighted by atomic mass is 10.0. The van der Waals surface area contributed by atoms with Crippen molar-refractivity contribution >= 4 is 0 Å². The number of nitrogens with two attached hydrogens (primary N) is 1. The molecule has 1 aliphatic carbocycles. The smallest absolute Gasteiger partial charge is 0.119 e. The normalized spacial score (nSPS) is 24.4. The molecular weight excluding hydrogens is 246 g/mol. The van der Waals surface area contributed by atoms with Gasteiger partial charge in [0.25, 0.3) is 0 Å². The van der Waals surface area contributed by atoms with Crippen molar-refractivity contribution in [2.45, 2.75) is 37.8 Å². The number of rotatable bonds is 5. The van der Waals surface area contributed by atoms with Crippen LogP contribution in [0.3, 0.4) is 0 Å². The van der Waals surface area contributed by atoms with Crippen LogP contribution in [0.25, 0.3) is 0 Å². The van der Waals surface area contributed by atoms with Crippen molar-refractivity contribution in [2.75, 3.05) is 0 Å².